The molecule has 0 radical (unpaired) electrons. The smallest absolute Gasteiger partial charge is 0.135 e. The Labute approximate surface area is 363 Å². The quantitative estimate of drug-likeness (QED) is 0.182. The van der Waals surface area contributed by atoms with Gasteiger partial charge < -0.3 is 9.73 Å². The number of nitrogens with one attached hydrogen (secondary N) is 1. The van der Waals surface area contributed by atoms with E-state index in [4.69, 9.17) is 14.4 Å². The van der Waals surface area contributed by atoms with Crippen LogP contribution >= 0.6 is 11.3 Å². The monoisotopic (exact) mass is 815 g/mol. The Balaban J connectivity index is 1.01. The first kappa shape index (κ1) is 36.5. The number of furan rings is 1. The maximum Gasteiger partial charge on any atom is 0.135 e. The van der Waals surface area contributed by atoms with Crippen LogP contribution in [-0.2, 0) is 5.54 Å². The summed E-state index contributed by atoms with van der Waals surface area (Å²) < 4.78 is 8.72. The van der Waals surface area contributed by atoms with Crippen LogP contribution in [0.3, 0.4) is 0 Å². The zero-order chi connectivity index (χ0) is 41.4. The highest BCUT2D eigenvalue weighted by Gasteiger charge is 2.34. The molecule has 5 heteroatoms. The molecule has 0 amide bonds. The molecule has 2 aliphatic rings. The van der Waals surface area contributed by atoms with Gasteiger partial charge in [0.25, 0.3) is 0 Å². The standard InChI is InChI=1S/C57H41N3OS/c1-35-24-25-41(31-46(35)49-34-57(2,60-56(59-49)37-16-7-4-8-17-37)42-27-29-51-47(33-42)43-20-9-11-22-50(43)61-51)54-55-53(45-21-10-12-23-52(45)62-55)44-28-26-40(32-48(44)58-54)39-19-13-18-38(30-39)36-14-5-3-6-15-36/h3-35,46H,1-2H3,(H,59,60). The molecule has 0 bridgehead atoms. The summed E-state index contributed by atoms with van der Waals surface area (Å²) in [6.45, 7) is 4.56. The number of amidine groups is 1. The van der Waals surface area contributed by atoms with Gasteiger partial charge in [0.1, 0.15) is 17.0 Å². The molecule has 0 spiro atoms. The highest BCUT2D eigenvalue weighted by Crippen LogP contribution is 2.45. The van der Waals surface area contributed by atoms with Crippen LogP contribution in [0.2, 0.25) is 0 Å². The number of para-hydroxylation sites is 1. The summed E-state index contributed by atoms with van der Waals surface area (Å²) in [5.74, 6) is 1.07. The van der Waals surface area contributed by atoms with Crippen molar-refractivity contribution in [3.8, 4) is 22.3 Å². The lowest BCUT2D eigenvalue weighted by Gasteiger charge is -2.36. The number of pyridine rings is 1. The summed E-state index contributed by atoms with van der Waals surface area (Å²) >= 11 is 1.83. The highest BCUT2D eigenvalue weighted by atomic mass is 32.1. The number of nitrogens with zero attached hydrogens (tertiary/aromatic N) is 2. The van der Waals surface area contributed by atoms with Crippen LogP contribution in [0.5, 0.6) is 0 Å². The molecule has 12 rings (SSSR count). The zero-order valence-corrected chi connectivity index (χ0v) is 35.2. The van der Waals surface area contributed by atoms with E-state index in [1.165, 1.54) is 42.2 Å². The summed E-state index contributed by atoms with van der Waals surface area (Å²) in [5, 5.41) is 9.81. The second kappa shape index (κ2) is 14.4. The van der Waals surface area contributed by atoms with E-state index in [2.05, 4.69) is 201 Å². The molecule has 0 saturated carbocycles. The Kier molecular flexibility index (Phi) is 8.48. The Morgan fingerprint density at radius 2 is 1.31 bits per heavy atom. The summed E-state index contributed by atoms with van der Waals surface area (Å²) in [4.78, 5) is 11.0. The van der Waals surface area contributed by atoms with Crippen molar-refractivity contribution in [2.24, 2.45) is 16.8 Å². The van der Waals surface area contributed by atoms with Crippen LogP contribution in [0.1, 0.15) is 30.7 Å². The van der Waals surface area contributed by atoms with E-state index in [-0.39, 0.29) is 11.8 Å². The second-order valence-electron chi connectivity index (χ2n) is 16.8. The molecule has 0 fully saturated rings. The Morgan fingerprint density at radius 1 is 0.613 bits per heavy atom. The predicted molar refractivity (Wildman–Crippen MR) is 261 cm³/mol. The van der Waals surface area contributed by atoms with Crippen LogP contribution in [0, 0.1) is 11.8 Å². The fourth-order valence-electron chi connectivity index (χ4n) is 9.53. The molecule has 7 aromatic carbocycles. The summed E-state index contributed by atoms with van der Waals surface area (Å²) in [7, 11) is 0. The van der Waals surface area contributed by atoms with Gasteiger partial charge in [-0.05, 0) is 88.7 Å². The number of aliphatic imine (C=N–C) groups is 1. The van der Waals surface area contributed by atoms with Gasteiger partial charge in [0.2, 0.25) is 0 Å². The molecule has 1 aliphatic carbocycles. The molecule has 4 nitrogen and oxygen atoms in total. The minimum absolute atomic E-state index is 0.00242. The SMILES string of the molecule is CC1C=CC(c2nc3cc(-c4cccc(-c5ccccc5)c4)ccc3c3c2sc2ccccc23)=CC1C1=CC(C)(c2ccc3oc4ccccc4c3c2)NC(c2ccccc2)=N1. The highest BCUT2D eigenvalue weighted by molar-refractivity contribution is 7.26. The van der Waals surface area contributed by atoms with E-state index < -0.39 is 5.54 Å². The molecule has 4 heterocycles. The van der Waals surface area contributed by atoms with Crippen LogP contribution in [-0.4, -0.2) is 10.8 Å². The normalized spacial score (nSPS) is 18.9. The van der Waals surface area contributed by atoms with E-state index in [1.54, 1.807) is 0 Å². The van der Waals surface area contributed by atoms with Crippen molar-refractivity contribution >= 4 is 75.8 Å². The van der Waals surface area contributed by atoms with Gasteiger partial charge in [0.15, 0.2) is 0 Å². The molecular formula is C57H41N3OS. The number of hydrogen-bond donors (Lipinski definition) is 1. The predicted octanol–water partition coefficient (Wildman–Crippen LogP) is 14.9. The molecule has 296 valence electrons. The minimum Gasteiger partial charge on any atom is -0.456 e. The van der Waals surface area contributed by atoms with Gasteiger partial charge in [-0.3, -0.25) is 0 Å². The van der Waals surface area contributed by atoms with Crippen molar-refractivity contribution in [2.45, 2.75) is 19.4 Å². The molecule has 1 aliphatic heterocycles. The average molecular weight is 816 g/mol. The maximum absolute atomic E-state index is 6.25. The average Bonchev–Trinajstić information content (AvgIpc) is 3.91. The van der Waals surface area contributed by atoms with Crippen molar-refractivity contribution in [3.63, 3.8) is 0 Å². The fourth-order valence-corrected chi connectivity index (χ4v) is 10.8. The molecule has 3 aromatic heterocycles. The minimum atomic E-state index is -0.558. The van der Waals surface area contributed by atoms with Gasteiger partial charge in [-0.2, -0.15) is 0 Å². The van der Waals surface area contributed by atoms with Crippen molar-refractivity contribution in [1.29, 1.82) is 0 Å². The summed E-state index contributed by atoms with van der Waals surface area (Å²) in [6, 6.07) is 60.3. The third kappa shape index (κ3) is 6.11. The van der Waals surface area contributed by atoms with E-state index >= 15 is 0 Å². The number of benzene rings is 7. The number of aromatic nitrogens is 1. The van der Waals surface area contributed by atoms with Crippen molar-refractivity contribution in [3.05, 3.63) is 217 Å². The number of fused-ring (bicyclic) bond motifs is 8. The largest absolute Gasteiger partial charge is 0.456 e. The molecule has 10 aromatic rings. The molecule has 3 atom stereocenters. The van der Waals surface area contributed by atoms with E-state index in [1.807, 2.05) is 23.5 Å². The van der Waals surface area contributed by atoms with E-state index in [0.29, 0.717) is 0 Å². The van der Waals surface area contributed by atoms with Gasteiger partial charge in [-0.1, -0.05) is 159 Å². The lowest BCUT2D eigenvalue weighted by Crippen LogP contribution is -2.45. The third-order valence-corrected chi connectivity index (χ3v) is 14.0. The summed E-state index contributed by atoms with van der Waals surface area (Å²) in [5.41, 5.74) is 12.3. The Bertz CT molecular complexity index is 3540. The van der Waals surface area contributed by atoms with Crippen LogP contribution < -0.4 is 5.32 Å². The lowest BCUT2D eigenvalue weighted by atomic mass is 9.80. The molecule has 0 saturated heterocycles. The van der Waals surface area contributed by atoms with Gasteiger partial charge >= 0.3 is 0 Å². The summed E-state index contributed by atoms with van der Waals surface area (Å²) in [6.07, 6.45) is 9.40. The lowest BCUT2D eigenvalue weighted by molar-refractivity contribution is 0.505. The Morgan fingerprint density at radius 3 is 2.15 bits per heavy atom. The molecular weight excluding hydrogens is 775 g/mol. The van der Waals surface area contributed by atoms with Gasteiger partial charge in [0.05, 0.1) is 21.4 Å². The maximum atomic E-state index is 6.25. The topological polar surface area (TPSA) is 50.4 Å². The van der Waals surface area contributed by atoms with Crippen LogP contribution in [0.25, 0.3) is 80.8 Å². The number of thiophene rings is 1. The third-order valence-electron chi connectivity index (χ3n) is 12.8. The first-order valence-corrected chi connectivity index (χ1v) is 22.2. The number of hydrogen-bond acceptors (Lipinski definition) is 5. The second-order valence-corrected chi connectivity index (χ2v) is 17.9. The van der Waals surface area contributed by atoms with E-state index in [0.717, 1.165) is 66.9 Å². The number of rotatable bonds is 6. The van der Waals surface area contributed by atoms with Gasteiger partial charge in [-0.15, -0.1) is 11.3 Å². The van der Waals surface area contributed by atoms with Gasteiger partial charge in [-0.25, -0.2) is 9.98 Å². The van der Waals surface area contributed by atoms with Crippen molar-refractivity contribution < 1.29 is 4.42 Å². The first-order valence-electron chi connectivity index (χ1n) is 21.3. The van der Waals surface area contributed by atoms with Gasteiger partial charge in [0, 0.05) is 48.8 Å². The van der Waals surface area contributed by atoms with Crippen molar-refractivity contribution in [2.75, 3.05) is 0 Å². The molecule has 62 heavy (non-hydrogen) atoms. The molecule has 3 unspecified atom stereocenters. The molecule has 1 N–H and O–H groups in total. The Hall–Kier alpha value is -7.34. The van der Waals surface area contributed by atoms with E-state index in [9.17, 15) is 0 Å². The fraction of sp³-hybridized carbons (Fsp3) is 0.0877. The number of allylic oxidation sites excluding steroid dienone is 4. The van der Waals surface area contributed by atoms with Crippen LogP contribution in [0.4, 0.5) is 0 Å². The van der Waals surface area contributed by atoms with Crippen molar-refractivity contribution in [1.82, 2.24) is 10.3 Å². The van der Waals surface area contributed by atoms with Crippen LogP contribution in [0.15, 0.2) is 209 Å². The zero-order valence-electron chi connectivity index (χ0n) is 34.3. The first-order chi connectivity index (χ1) is 30.5.